The van der Waals surface area contributed by atoms with Crippen LogP contribution in [0.5, 0.6) is 0 Å². The summed E-state index contributed by atoms with van der Waals surface area (Å²) in [5.74, 6) is -3.22. The van der Waals surface area contributed by atoms with Crippen molar-refractivity contribution in [2.24, 2.45) is 0 Å². The number of carbonyl (C=O) groups is 4. The molecule has 9 heteroatoms. The largest absolute Gasteiger partial charge is 0.481 e. The van der Waals surface area contributed by atoms with Crippen molar-refractivity contribution >= 4 is 23.7 Å². The number of nitrogens with one attached hydrogen (secondary N) is 2. The van der Waals surface area contributed by atoms with Crippen LogP contribution in [0.25, 0.3) is 11.1 Å². The molecule has 2 aromatic carbocycles. The summed E-state index contributed by atoms with van der Waals surface area (Å²) < 4.78 is 14.6. The number of carboxylic acid groups (broad SMARTS) is 1. The number of hydrogen-bond acceptors (Lipinski definition) is 4. The lowest BCUT2D eigenvalue weighted by molar-refractivity contribution is -0.138. The van der Waals surface area contributed by atoms with Gasteiger partial charge in [0.25, 0.3) is 5.91 Å². The normalized spacial score (nSPS) is 16.7. The highest BCUT2D eigenvalue weighted by molar-refractivity contribution is 6.14. The average Bonchev–Trinajstić information content (AvgIpc) is 2.74. The van der Waals surface area contributed by atoms with Crippen molar-refractivity contribution in [2.45, 2.75) is 18.5 Å². The van der Waals surface area contributed by atoms with Crippen LogP contribution in [-0.4, -0.2) is 46.8 Å². The maximum Gasteiger partial charge on any atom is 0.316 e. The van der Waals surface area contributed by atoms with E-state index in [0.717, 1.165) is 16.5 Å². The molecule has 0 spiro atoms. The Hall–Kier alpha value is -4.01. The number of carboxylic acids is 1. The zero-order chi connectivity index (χ0) is 22.5. The van der Waals surface area contributed by atoms with Crippen molar-refractivity contribution in [3.8, 4) is 11.1 Å². The second-order valence-electron chi connectivity index (χ2n) is 6.97. The van der Waals surface area contributed by atoms with Gasteiger partial charge in [-0.25, -0.2) is 9.18 Å². The fraction of sp³-hybridized carbons (Fsp3) is 0.182. The topological polar surface area (TPSA) is 116 Å². The Labute approximate surface area is 177 Å². The number of rotatable bonds is 6. The maximum atomic E-state index is 14.6. The third kappa shape index (κ3) is 5.13. The number of carbonyl (C=O) groups excluding carboxylic acids is 3. The first-order valence-electron chi connectivity index (χ1n) is 9.38. The van der Waals surface area contributed by atoms with Gasteiger partial charge in [0, 0.05) is 24.9 Å². The van der Waals surface area contributed by atoms with Crippen molar-refractivity contribution < 1.29 is 28.7 Å². The lowest BCUT2D eigenvalue weighted by Crippen LogP contribution is -2.55. The first-order valence-corrected chi connectivity index (χ1v) is 9.38. The number of nitrogens with zero attached hydrogens (tertiary/aromatic N) is 1. The van der Waals surface area contributed by atoms with Crippen LogP contribution in [0.2, 0.25) is 0 Å². The second kappa shape index (κ2) is 9.21. The van der Waals surface area contributed by atoms with Crippen LogP contribution in [0.4, 0.5) is 9.18 Å². The fourth-order valence-electron chi connectivity index (χ4n) is 3.18. The Morgan fingerprint density at radius 2 is 1.84 bits per heavy atom. The third-order valence-corrected chi connectivity index (χ3v) is 4.78. The van der Waals surface area contributed by atoms with E-state index in [9.17, 15) is 28.7 Å². The molecular weight excluding hydrogens is 405 g/mol. The van der Waals surface area contributed by atoms with Gasteiger partial charge in [0.2, 0.25) is 0 Å². The summed E-state index contributed by atoms with van der Waals surface area (Å²) in [6, 6.07) is 9.63. The number of likely N-dealkylation sites (N-methyl/N-ethyl adjacent to an activating group) is 1. The number of hydrogen-bond donors (Lipinski definition) is 3. The molecule has 160 valence electrons. The summed E-state index contributed by atoms with van der Waals surface area (Å²) in [4.78, 5) is 49.0. The number of aliphatic carboxylic acids is 1. The van der Waals surface area contributed by atoms with Gasteiger partial charge < -0.3 is 20.6 Å². The van der Waals surface area contributed by atoms with Gasteiger partial charge in [0.15, 0.2) is 11.8 Å². The van der Waals surface area contributed by atoms with E-state index in [4.69, 9.17) is 0 Å². The molecule has 3 amide bonds. The summed E-state index contributed by atoms with van der Waals surface area (Å²) in [5, 5.41) is 13.9. The van der Waals surface area contributed by atoms with Gasteiger partial charge in [-0.2, -0.15) is 0 Å². The summed E-state index contributed by atoms with van der Waals surface area (Å²) in [5.41, 5.74) is 1.40. The highest BCUT2D eigenvalue weighted by Gasteiger charge is 2.32. The zero-order valence-electron chi connectivity index (χ0n) is 16.5. The Bertz CT molecular complexity index is 1050. The van der Waals surface area contributed by atoms with Crippen LogP contribution in [0.1, 0.15) is 18.0 Å². The smallest absolute Gasteiger partial charge is 0.316 e. The summed E-state index contributed by atoms with van der Waals surface area (Å²) >= 11 is 0. The minimum Gasteiger partial charge on any atom is -0.481 e. The molecule has 1 aliphatic heterocycles. The molecule has 0 saturated carbocycles. The lowest BCUT2D eigenvalue weighted by atomic mass is 9.97. The highest BCUT2D eigenvalue weighted by Crippen LogP contribution is 2.27. The minimum atomic E-state index is -1.44. The molecule has 0 fully saturated rings. The number of urea groups is 1. The number of halogens is 1. The van der Waals surface area contributed by atoms with Gasteiger partial charge in [-0.1, -0.05) is 36.4 Å². The molecule has 1 aliphatic rings. The van der Waals surface area contributed by atoms with E-state index in [1.807, 2.05) is 30.3 Å². The van der Waals surface area contributed by atoms with Gasteiger partial charge in [-0.15, -0.1) is 0 Å². The maximum absolute atomic E-state index is 14.6. The number of ketones is 1. The predicted molar refractivity (Wildman–Crippen MR) is 109 cm³/mol. The van der Waals surface area contributed by atoms with Crippen molar-refractivity contribution in [3.05, 3.63) is 72.2 Å². The van der Waals surface area contributed by atoms with Gasteiger partial charge in [-0.05, 0) is 23.3 Å². The Balaban J connectivity index is 1.85. The third-order valence-electron chi connectivity index (χ3n) is 4.78. The molecule has 2 aromatic rings. The van der Waals surface area contributed by atoms with Crippen molar-refractivity contribution in [1.29, 1.82) is 0 Å². The van der Waals surface area contributed by atoms with Gasteiger partial charge in [0.05, 0.1) is 12.5 Å². The van der Waals surface area contributed by atoms with E-state index < -0.39 is 48.0 Å². The summed E-state index contributed by atoms with van der Waals surface area (Å²) in [7, 11) is 1.43. The van der Waals surface area contributed by atoms with E-state index >= 15 is 0 Å². The molecule has 1 unspecified atom stereocenters. The summed E-state index contributed by atoms with van der Waals surface area (Å²) in [6.07, 6.45) is 1.82. The van der Waals surface area contributed by atoms with Crippen LogP contribution in [0.15, 0.2) is 60.8 Å². The Morgan fingerprint density at radius 3 is 2.52 bits per heavy atom. The van der Waals surface area contributed by atoms with Gasteiger partial charge in [0.1, 0.15) is 5.82 Å². The molecule has 0 saturated heterocycles. The van der Waals surface area contributed by atoms with E-state index in [2.05, 4.69) is 10.6 Å². The van der Waals surface area contributed by atoms with Gasteiger partial charge >= 0.3 is 12.0 Å². The molecule has 0 bridgehead atoms. The number of benzene rings is 2. The van der Waals surface area contributed by atoms with Crippen molar-refractivity contribution in [3.63, 3.8) is 0 Å². The van der Waals surface area contributed by atoms with Crippen LogP contribution in [0.3, 0.4) is 0 Å². The van der Waals surface area contributed by atoms with E-state index in [1.165, 1.54) is 25.4 Å². The zero-order valence-corrected chi connectivity index (χ0v) is 16.5. The van der Waals surface area contributed by atoms with Crippen molar-refractivity contribution in [2.75, 3.05) is 7.05 Å². The van der Waals surface area contributed by atoms with Gasteiger partial charge in [-0.3, -0.25) is 14.4 Å². The van der Waals surface area contributed by atoms with E-state index in [0.29, 0.717) is 5.56 Å². The van der Waals surface area contributed by atoms with Crippen LogP contribution in [0, 0.1) is 5.82 Å². The van der Waals surface area contributed by atoms with E-state index in [-0.39, 0.29) is 5.56 Å². The fourth-order valence-corrected chi connectivity index (χ4v) is 3.18. The molecule has 3 N–H and O–H groups in total. The number of amides is 3. The standard InChI is InChI=1S/C22H20FN3O5/c1-26-10-9-18(27)20(21(26)30)25-22(31)24-17(12-19(28)29)15-11-14(7-8-16(15)23)13-5-3-2-4-6-13/h2-11,17,20H,12H2,1H3,(H,28,29)(H2,24,25,31)/t17-,20?/m0/s1. The quantitative estimate of drug-likeness (QED) is 0.614. The molecule has 1 heterocycles. The van der Waals surface area contributed by atoms with Crippen molar-refractivity contribution in [1.82, 2.24) is 15.5 Å². The molecule has 2 atom stereocenters. The minimum absolute atomic E-state index is 0.0304. The Morgan fingerprint density at radius 1 is 1.13 bits per heavy atom. The molecule has 31 heavy (non-hydrogen) atoms. The molecule has 3 rings (SSSR count). The molecule has 0 radical (unpaired) electrons. The predicted octanol–water partition coefficient (Wildman–Crippen LogP) is 2.23. The van der Waals surface area contributed by atoms with E-state index in [1.54, 1.807) is 6.07 Å². The molecule has 0 aliphatic carbocycles. The summed E-state index contributed by atoms with van der Waals surface area (Å²) in [6.45, 7) is 0. The SMILES string of the molecule is CN1C=CC(=O)C(NC(=O)N[C@@H](CC(=O)O)c2cc(-c3ccccc3)ccc2F)C1=O. The first-order chi connectivity index (χ1) is 14.8. The molecule has 0 aromatic heterocycles. The lowest BCUT2D eigenvalue weighted by Gasteiger charge is -2.25. The molecule has 8 nitrogen and oxygen atoms in total. The first kappa shape index (κ1) is 21.7. The highest BCUT2D eigenvalue weighted by atomic mass is 19.1. The average molecular weight is 425 g/mol. The second-order valence-corrected chi connectivity index (χ2v) is 6.97. The van der Waals surface area contributed by atoms with Crippen LogP contribution >= 0.6 is 0 Å². The monoisotopic (exact) mass is 425 g/mol. The van der Waals surface area contributed by atoms with Crippen LogP contribution < -0.4 is 10.6 Å². The van der Waals surface area contributed by atoms with Crippen LogP contribution in [-0.2, 0) is 14.4 Å². The Kier molecular flexibility index (Phi) is 6.44. The molecular formula is C22H20FN3O5.